The number of hydrogen-bond donors (Lipinski definition) is 1. The number of carbonyl (C=O) groups is 2. The summed E-state index contributed by atoms with van der Waals surface area (Å²) in [6.07, 6.45) is 3.15. The van der Waals surface area contributed by atoms with Gasteiger partial charge in [0, 0.05) is 49.8 Å². The van der Waals surface area contributed by atoms with Crippen LogP contribution in [-0.4, -0.2) is 76.1 Å². The van der Waals surface area contributed by atoms with Gasteiger partial charge in [-0.05, 0) is 18.9 Å². The van der Waals surface area contributed by atoms with Crippen LogP contribution in [0, 0.1) is 10.1 Å². The maximum atomic E-state index is 12.9. The molecule has 2 fully saturated rings. The largest absolute Gasteiger partial charge is 0.378 e. The Balaban J connectivity index is 1.50. The minimum Gasteiger partial charge on any atom is -0.378 e. The minimum atomic E-state index is -0.510. The fourth-order valence-electron chi connectivity index (χ4n) is 4.05. The van der Waals surface area contributed by atoms with Crippen LogP contribution in [0.4, 0.5) is 5.69 Å². The number of aromatic nitrogens is 2. The van der Waals surface area contributed by atoms with Gasteiger partial charge >= 0.3 is 0 Å². The molecule has 2 aliphatic heterocycles. The maximum absolute atomic E-state index is 12.9. The highest BCUT2D eigenvalue weighted by molar-refractivity contribution is 5.96. The summed E-state index contributed by atoms with van der Waals surface area (Å²) in [4.78, 5) is 39.8. The maximum Gasteiger partial charge on any atom is 0.270 e. The number of aromatic amines is 1. The highest BCUT2D eigenvalue weighted by Gasteiger charge is 2.31. The molecule has 2 saturated heterocycles. The van der Waals surface area contributed by atoms with Gasteiger partial charge in [0.2, 0.25) is 0 Å². The molecule has 0 aliphatic carbocycles. The van der Waals surface area contributed by atoms with E-state index in [0.29, 0.717) is 50.5 Å². The molecule has 30 heavy (non-hydrogen) atoms. The molecule has 1 aromatic heterocycles. The Morgan fingerprint density at radius 1 is 1.17 bits per heavy atom. The van der Waals surface area contributed by atoms with E-state index in [1.807, 2.05) is 0 Å². The molecular formula is C20H23N5O5. The van der Waals surface area contributed by atoms with Gasteiger partial charge in [0.05, 0.1) is 35.6 Å². The molecule has 2 aromatic rings. The van der Waals surface area contributed by atoms with Gasteiger partial charge in [-0.3, -0.25) is 24.8 Å². The van der Waals surface area contributed by atoms with Crippen LogP contribution in [0.1, 0.15) is 45.2 Å². The summed E-state index contributed by atoms with van der Waals surface area (Å²) in [7, 11) is 0. The molecule has 0 unspecified atom stereocenters. The van der Waals surface area contributed by atoms with Gasteiger partial charge in [0.15, 0.2) is 0 Å². The molecule has 2 aliphatic rings. The molecule has 158 valence electrons. The van der Waals surface area contributed by atoms with Gasteiger partial charge in [-0.1, -0.05) is 6.07 Å². The lowest BCUT2D eigenvalue weighted by Crippen LogP contribution is -2.42. The van der Waals surface area contributed by atoms with Gasteiger partial charge in [0.25, 0.3) is 17.5 Å². The van der Waals surface area contributed by atoms with E-state index in [4.69, 9.17) is 4.74 Å². The zero-order valence-corrected chi connectivity index (χ0v) is 16.5. The zero-order valence-electron chi connectivity index (χ0n) is 16.5. The summed E-state index contributed by atoms with van der Waals surface area (Å²) >= 11 is 0. The molecule has 3 heterocycles. The summed E-state index contributed by atoms with van der Waals surface area (Å²) in [5.41, 5.74) is 1.45. The van der Waals surface area contributed by atoms with Crippen molar-refractivity contribution >= 4 is 17.5 Å². The van der Waals surface area contributed by atoms with E-state index in [9.17, 15) is 19.7 Å². The molecule has 1 atom stereocenters. The number of hydrogen-bond acceptors (Lipinski definition) is 6. The summed E-state index contributed by atoms with van der Waals surface area (Å²) in [6.45, 7) is 3.13. The van der Waals surface area contributed by atoms with E-state index < -0.39 is 4.92 Å². The molecule has 1 aromatic carbocycles. The van der Waals surface area contributed by atoms with Gasteiger partial charge in [-0.2, -0.15) is 5.10 Å². The molecule has 0 saturated carbocycles. The van der Waals surface area contributed by atoms with E-state index in [-0.39, 0.29) is 23.4 Å². The number of H-pyrrole nitrogens is 1. The topological polar surface area (TPSA) is 122 Å². The average Bonchev–Trinajstić information content (AvgIpc) is 3.29. The number of morpholine rings is 1. The first-order valence-electron chi connectivity index (χ1n) is 9.98. The first-order chi connectivity index (χ1) is 14.5. The zero-order chi connectivity index (χ0) is 21.1. The normalized spacial score (nSPS) is 19.5. The van der Waals surface area contributed by atoms with Crippen molar-refractivity contribution < 1.29 is 19.2 Å². The fraction of sp³-hybridized carbons (Fsp3) is 0.450. The predicted molar refractivity (Wildman–Crippen MR) is 106 cm³/mol. The standard InChI is InChI=1S/C20H23N5O5/c26-19(14-3-1-5-16(11-14)25(28)29)24-6-2-4-15(13-24)18-17(12-21-22-18)20(27)23-7-9-30-10-8-23/h1,3,5,11-12,15H,2,4,6-10,13H2,(H,21,22)/t15-/m1/s1. The lowest BCUT2D eigenvalue weighted by atomic mass is 9.91. The summed E-state index contributed by atoms with van der Waals surface area (Å²) in [5, 5.41) is 18.1. The Bertz CT molecular complexity index is 953. The van der Waals surface area contributed by atoms with Gasteiger partial charge in [-0.15, -0.1) is 0 Å². The van der Waals surface area contributed by atoms with E-state index in [2.05, 4.69) is 10.2 Å². The van der Waals surface area contributed by atoms with Crippen molar-refractivity contribution in [1.29, 1.82) is 0 Å². The van der Waals surface area contributed by atoms with Crippen molar-refractivity contribution in [2.75, 3.05) is 39.4 Å². The number of rotatable bonds is 4. The number of likely N-dealkylation sites (tertiary alicyclic amines) is 1. The SMILES string of the molecule is O=C(c1cccc([N+](=O)[O-])c1)N1CCC[C@@H](c2[nH]ncc2C(=O)N2CCOCC2)C1. The molecule has 0 spiro atoms. The van der Waals surface area contributed by atoms with Crippen LogP contribution in [-0.2, 0) is 4.74 Å². The van der Waals surface area contributed by atoms with Crippen molar-refractivity contribution in [1.82, 2.24) is 20.0 Å². The van der Waals surface area contributed by atoms with Crippen LogP contribution in [0.25, 0.3) is 0 Å². The number of benzene rings is 1. The first-order valence-corrected chi connectivity index (χ1v) is 9.98. The highest BCUT2D eigenvalue weighted by atomic mass is 16.6. The summed E-state index contributed by atoms with van der Waals surface area (Å²) < 4.78 is 5.32. The van der Waals surface area contributed by atoms with Crippen LogP contribution >= 0.6 is 0 Å². The van der Waals surface area contributed by atoms with Crippen molar-refractivity contribution in [3.63, 3.8) is 0 Å². The van der Waals surface area contributed by atoms with Gasteiger partial charge in [0.1, 0.15) is 0 Å². The third kappa shape index (κ3) is 4.04. The Kier molecular flexibility index (Phi) is 5.75. The smallest absolute Gasteiger partial charge is 0.270 e. The molecular weight excluding hydrogens is 390 g/mol. The number of nitrogens with zero attached hydrogens (tertiary/aromatic N) is 4. The lowest BCUT2D eigenvalue weighted by Gasteiger charge is -2.33. The van der Waals surface area contributed by atoms with Crippen molar-refractivity contribution in [3.05, 3.63) is 57.4 Å². The van der Waals surface area contributed by atoms with Crippen LogP contribution in [0.5, 0.6) is 0 Å². The van der Waals surface area contributed by atoms with E-state index >= 15 is 0 Å². The van der Waals surface area contributed by atoms with Crippen LogP contribution in [0.2, 0.25) is 0 Å². The third-order valence-corrected chi connectivity index (χ3v) is 5.62. The lowest BCUT2D eigenvalue weighted by molar-refractivity contribution is -0.384. The second-order valence-corrected chi connectivity index (χ2v) is 7.50. The molecule has 10 heteroatoms. The summed E-state index contributed by atoms with van der Waals surface area (Å²) in [6, 6.07) is 5.77. The van der Waals surface area contributed by atoms with Crippen molar-refractivity contribution in [2.24, 2.45) is 0 Å². The Hall–Kier alpha value is -3.27. The highest BCUT2D eigenvalue weighted by Crippen LogP contribution is 2.29. The Labute approximate surface area is 172 Å². The molecule has 0 radical (unpaired) electrons. The number of nitro benzene ring substituents is 1. The molecule has 4 rings (SSSR count). The first kappa shape index (κ1) is 20.0. The van der Waals surface area contributed by atoms with E-state index in [1.165, 1.54) is 18.2 Å². The van der Waals surface area contributed by atoms with E-state index in [1.54, 1.807) is 22.1 Å². The number of nitro groups is 1. The summed E-state index contributed by atoms with van der Waals surface area (Å²) in [5.74, 6) is -0.378. The van der Waals surface area contributed by atoms with Crippen LogP contribution in [0.3, 0.4) is 0 Å². The number of nitrogens with one attached hydrogen (secondary N) is 1. The number of ether oxygens (including phenoxy) is 1. The monoisotopic (exact) mass is 413 g/mol. The minimum absolute atomic E-state index is 0.0520. The Morgan fingerprint density at radius 3 is 2.73 bits per heavy atom. The number of carbonyl (C=O) groups excluding carboxylic acids is 2. The number of piperidine rings is 1. The second kappa shape index (κ2) is 8.62. The predicted octanol–water partition coefficient (Wildman–Crippen LogP) is 1.81. The average molecular weight is 413 g/mol. The molecule has 2 amide bonds. The van der Waals surface area contributed by atoms with Crippen LogP contribution in [0.15, 0.2) is 30.5 Å². The van der Waals surface area contributed by atoms with Crippen molar-refractivity contribution in [2.45, 2.75) is 18.8 Å². The van der Waals surface area contributed by atoms with Gasteiger partial charge in [-0.25, -0.2) is 0 Å². The van der Waals surface area contributed by atoms with E-state index in [0.717, 1.165) is 18.5 Å². The quantitative estimate of drug-likeness (QED) is 0.603. The second-order valence-electron chi connectivity index (χ2n) is 7.50. The third-order valence-electron chi connectivity index (χ3n) is 5.62. The van der Waals surface area contributed by atoms with Gasteiger partial charge < -0.3 is 14.5 Å². The molecule has 1 N–H and O–H groups in total. The Morgan fingerprint density at radius 2 is 1.97 bits per heavy atom. The fourth-order valence-corrected chi connectivity index (χ4v) is 4.05. The molecule has 0 bridgehead atoms. The van der Waals surface area contributed by atoms with Crippen molar-refractivity contribution in [3.8, 4) is 0 Å². The number of non-ortho nitro benzene ring substituents is 1. The molecule has 10 nitrogen and oxygen atoms in total. The van der Waals surface area contributed by atoms with Crippen LogP contribution < -0.4 is 0 Å². The number of amides is 2.